The van der Waals surface area contributed by atoms with Gasteiger partial charge in [0.25, 0.3) is 5.91 Å². The van der Waals surface area contributed by atoms with Crippen LogP contribution in [0.1, 0.15) is 35.2 Å². The monoisotopic (exact) mass is 294 g/mol. The molecule has 1 atom stereocenters. The molecule has 1 aliphatic rings. The highest BCUT2D eigenvalue weighted by Gasteiger charge is 2.21. The Bertz CT molecular complexity index is 473. The summed E-state index contributed by atoms with van der Waals surface area (Å²) in [6.45, 7) is 3.97. The van der Waals surface area contributed by atoms with Crippen molar-refractivity contribution in [3.05, 3.63) is 35.1 Å². The van der Waals surface area contributed by atoms with E-state index in [2.05, 4.69) is 10.2 Å². The number of aryl methyl sites for hydroxylation is 1. The van der Waals surface area contributed by atoms with Gasteiger partial charge >= 0.3 is 0 Å². The lowest BCUT2D eigenvalue weighted by atomic mass is 10.0. The first kappa shape index (κ1) is 15.9. The van der Waals surface area contributed by atoms with E-state index in [1.165, 1.54) is 6.07 Å². The number of hydrogen-bond acceptors (Lipinski definition) is 3. The molecule has 0 radical (unpaired) electrons. The van der Waals surface area contributed by atoms with Gasteiger partial charge < -0.3 is 10.4 Å². The highest BCUT2D eigenvalue weighted by molar-refractivity contribution is 5.95. The second kappa shape index (κ2) is 7.52. The van der Waals surface area contributed by atoms with Crippen LogP contribution in [0.25, 0.3) is 0 Å². The molecule has 0 saturated carbocycles. The van der Waals surface area contributed by atoms with Crippen LogP contribution in [0.5, 0.6) is 0 Å². The molecule has 0 aliphatic carbocycles. The largest absolute Gasteiger partial charge is 0.395 e. The summed E-state index contributed by atoms with van der Waals surface area (Å²) in [7, 11) is 0. The second-order valence-electron chi connectivity index (χ2n) is 5.56. The smallest absolute Gasteiger partial charge is 0.254 e. The number of halogens is 1. The van der Waals surface area contributed by atoms with Crippen LogP contribution < -0.4 is 5.32 Å². The van der Waals surface area contributed by atoms with Gasteiger partial charge in [-0.15, -0.1) is 0 Å². The minimum Gasteiger partial charge on any atom is -0.395 e. The van der Waals surface area contributed by atoms with Crippen LogP contribution in [0, 0.1) is 12.7 Å². The van der Waals surface area contributed by atoms with Crippen LogP contribution in [-0.4, -0.2) is 48.2 Å². The molecule has 1 aromatic carbocycles. The van der Waals surface area contributed by atoms with E-state index < -0.39 is 5.82 Å². The predicted octanol–water partition coefficient (Wildman–Crippen LogP) is 1.71. The molecule has 1 amide bonds. The molecule has 1 aliphatic heterocycles. The molecule has 116 valence electrons. The third kappa shape index (κ3) is 4.02. The van der Waals surface area contributed by atoms with Gasteiger partial charge in [-0.1, -0.05) is 18.6 Å². The number of likely N-dealkylation sites (tertiary alicyclic amines) is 1. The molecule has 5 heteroatoms. The van der Waals surface area contributed by atoms with Crippen molar-refractivity contribution in [1.82, 2.24) is 10.2 Å². The maximum Gasteiger partial charge on any atom is 0.254 e. The number of hydrogen-bond donors (Lipinski definition) is 2. The van der Waals surface area contributed by atoms with E-state index in [-0.39, 0.29) is 24.1 Å². The number of rotatable bonds is 5. The van der Waals surface area contributed by atoms with Crippen LogP contribution in [-0.2, 0) is 0 Å². The lowest BCUT2D eigenvalue weighted by molar-refractivity contribution is 0.0847. The minimum atomic E-state index is -0.487. The van der Waals surface area contributed by atoms with E-state index in [9.17, 15) is 14.3 Å². The van der Waals surface area contributed by atoms with E-state index in [0.717, 1.165) is 25.8 Å². The van der Waals surface area contributed by atoms with Crippen molar-refractivity contribution in [2.75, 3.05) is 26.2 Å². The summed E-state index contributed by atoms with van der Waals surface area (Å²) in [6, 6.07) is 4.81. The molecule has 1 heterocycles. The molecule has 21 heavy (non-hydrogen) atoms. The molecule has 0 unspecified atom stereocenters. The van der Waals surface area contributed by atoms with Crippen molar-refractivity contribution >= 4 is 5.91 Å². The standard InChI is InChI=1S/C16H23FN2O2/c1-12-5-4-7-14(17)15(12)16(21)18-8-10-19-9-3-2-6-13(19)11-20/h4-5,7,13,20H,2-3,6,8-11H2,1H3,(H,18,21)/t13-/m0/s1. The first-order valence-electron chi connectivity index (χ1n) is 7.51. The maximum atomic E-state index is 13.7. The Labute approximate surface area is 125 Å². The van der Waals surface area contributed by atoms with Gasteiger partial charge in [-0.3, -0.25) is 9.69 Å². The Hall–Kier alpha value is -1.46. The average molecular weight is 294 g/mol. The lowest BCUT2D eigenvalue weighted by Crippen LogP contribution is -2.45. The quantitative estimate of drug-likeness (QED) is 0.869. The van der Waals surface area contributed by atoms with E-state index >= 15 is 0 Å². The Morgan fingerprint density at radius 1 is 1.48 bits per heavy atom. The number of aliphatic hydroxyl groups excluding tert-OH is 1. The summed E-state index contributed by atoms with van der Waals surface area (Å²) in [4.78, 5) is 14.3. The number of carbonyl (C=O) groups is 1. The van der Waals surface area contributed by atoms with Gasteiger partial charge in [-0.2, -0.15) is 0 Å². The van der Waals surface area contributed by atoms with Gasteiger partial charge in [-0.05, 0) is 37.9 Å². The molecular weight excluding hydrogens is 271 g/mol. The normalized spacial score (nSPS) is 19.5. The first-order valence-corrected chi connectivity index (χ1v) is 7.51. The molecule has 2 N–H and O–H groups in total. The highest BCUT2D eigenvalue weighted by atomic mass is 19.1. The Kier molecular flexibility index (Phi) is 5.70. The molecule has 1 aromatic rings. The number of carbonyl (C=O) groups excluding carboxylic acids is 1. The summed E-state index contributed by atoms with van der Waals surface area (Å²) in [5, 5.41) is 12.1. The third-order valence-corrected chi connectivity index (χ3v) is 4.09. The van der Waals surface area contributed by atoms with Crippen molar-refractivity contribution in [2.45, 2.75) is 32.2 Å². The zero-order valence-corrected chi connectivity index (χ0v) is 12.4. The van der Waals surface area contributed by atoms with Crippen LogP contribution >= 0.6 is 0 Å². The first-order chi connectivity index (χ1) is 10.1. The summed E-state index contributed by atoms with van der Waals surface area (Å²) in [5.74, 6) is -0.859. The number of nitrogens with one attached hydrogen (secondary N) is 1. The van der Waals surface area contributed by atoms with Crippen molar-refractivity contribution in [3.63, 3.8) is 0 Å². The Balaban J connectivity index is 1.87. The van der Waals surface area contributed by atoms with Gasteiger partial charge in [-0.25, -0.2) is 4.39 Å². The Morgan fingerprint density at radius 2 is 2.29 bits per heavy atom. The van der Waals surface area contributed by atoms with Crippen molar-refractivity contribution in [2.24, 2.45) is 0 Å². The molecule has 0 bridgehead atoms. The number of amides is 1. The van der Waals surface area contributed by atoms with Crippen LogP contribution in [0.15, 0.2) is 18.2 Å². The number of piperidine rings is 1. The molecule has 0 spiro atoms. The van der Waals surface area contributed by atoms with Gasteiger partial charge in [0.05, 0.1) is 12.2 Å². The van der Waals surface area contributed by atoms with Crippen LogP contribution in [0.2, 0.25) is 0 Å². The third-order valence-electron chi connectivity index (χ3n) is 4.09. The zero-order chi connectivity index (χ0) is 15.2. The molecule has 2 rings (SSSR count). The molecule has 1 saturated heterocycles. The summed E-state index contributed by atoms with van der Waals surface area (Å²) in [6.07, 6.45) is 3.26. The fraction of sp³-hybridized carbons (Fsp3) is 0.562. The van der Waals surface area contributed by atoms with Gasteiger partial charge in [0.1, 0.15) is 5.82 Å². The van der Waals surface area contributed by atoms with Crippen LogP contribution in [0.3, 0.4) is 0 Å². The second-order valence-corrected chi connectivity index (χ2v) is 5.56. The lowest BCUT2D eigenvalue weighted by Gasteiger charge is -2.34. The number of benzene rings is 1. The summed E-state index contributed by atoms with van der Waals surface area (Å²) < 4.78 is 13.7. The van der Waals surface area contributed by atoms with E-state index in [1.807, 2.05) is 0 Å². The molecule has 4 nitrogen and oxygen atoms in total. The van der Waals surface area contributed by atoms with Gasteiger partial charge in [0, 0.05) is 19.1 Å². The molecule has 0 aromatic heterocycles. The fourth-order valence-corrected chi connectivity index (χ4v) is 2.88. The fourth-order valence-electron chi connectivity index (χ4n) is 2.88. The minimum absolute atomic E-state index is 0.120. The van der Waals surface area contributed by atoms with E-state index in [0.29, 0.717) is 18.7 Å². The number of aliphatic hydroxyl groups is 1. The van der Waals surface area contributed by atoms with Gasteiger partial charge in [0.15, 0.2) is 0 Å². The van der Waals surface area contributed by atoms with Gasteiger partial charge in [0.2, 0.25) is 0 Å². The zero-order valence-electron chi connectivity index (χ0n) is 12.4. The summed E-state index contributed by atoms with van der Waals surface area (Å²) in [5.41, 5.74) is 0.758. The maximum absolute atomic E-state index is 13.7. The van der Waals surface area contributed by atoms with Crippen molar-refractivity contribution in [1.29, 1.82) is 0 Å². The molecular formula is C16H23FN2O2. The average Bonchev–Trinajstić information content (AvgIpc) is 2.47. The topological polar surface area (TPSA) is 52.6 Å². The summed E-state index contributed by atoms with van der Waals surface area (Å²) >= 11 is 0. The Morgan fingerprint density at radius 3 is 3.00 bits per heavy atom. The van der Waals surface area contributed by atoms with Crippen molar-refractivity contribution in [3.8, 4) is 0 Å². The number of nitrogens with zero attached hydrogens (tertiary/aromatic N) is 1. The highest BCUT2D eigenvalue weighted by Crippen LogP contribution is 2.16. The van der Waals surface area contributed by atoms with Crippen LogP contribution in [0.4, 0.5) is 4.39 Å². The van der Waals surface area contributed by atoms with Crippen molar-refractivity contribution < 1.29 is 14.3 Å². The van der Waals surface area contributed by atoms with E-state index in [4.69, 9.17) is 0 Å². The predicted molar refractivity (Wildman–Crippen MR) is 79.8 cm³/mol. The van der Waals surface area contributed by atoms with E-state index in [1.54, 1.807) is 19.1 Å². The molecule has 1 fully saturated rings. The SMILES string of the molecule is Cc1cccc(F)c1C(=O)NCCN1CCCC[C@H]1CO.